The molecular formula is C28H23Cl3N2O4S. The Balaban J connectivity index is 1.52. The standard InChI is InChI=1S/C28H23Cl3N2O4S/c1-19-2-12-27(13-3-19)38(35,36)33(17-20-4-6-21(29)7-5-20)25-8-10-26(11-9-25)37-18-28(34)32-24-15-22(30)14-23(31)16-24/h2-16H,17-18H2,1H3,(H,32,34). The van der Waals surface area contributed by atoms with Crippen molar-refractivity contribution in [2.45, 2.75) is 18.4 Å². The minimum absolute atomic E-state index is 0.0954. The summed E-state index contributed by atoms with van der Waals surface area (Å²) >= 11 is 17.9. The Morgan fingerprint density at radius 2 is 1.42 bits per heavy atom. The van der Waals surface area contributed by atoms with E-state index in [1.807, 2.05) is 6.92 Å². The highest BCUT2D eigenvalue weighted by molar-refractivity contribution is 7.92. The van der Waals surface area contributed by atoms with Crippen molar-refractivity contribution in [3.8, 4) is 5.75 Å². The van der Waals surface area contributed by atoms with Crippen molar-refractivity contribution in [2.75, 3.05) is 16.2 Å². The average molecular weight is 590 g/mol. The first-order valence-corrected chi connectivity index (χ1v) is 14.0. The van der Waals surface area contributed by atoms with Crippen molar-refractivity contribution in [3.05, 3.63) is 117 Å². The summed E-state index contributed by atoms with van der Waals surface area (Å²) in [7, 11) is -3.89. The maximum Gasteiger partial charge on any atom is 0.264 e. The van der Waals surface area contributed by atoms with Crippen LogP contribution in [0.15, 0.2) is 95.9 Å². The zero-order valence-corrected chi connectivity index (χ0v) is 23.3. The molecule has 4 aromatic carbocycles. The maximum atomic E-state index is 13.6. The molecule has 1 N–H and O–H groups in total. The van der Waals surface area contributed by atoms with Gasteiger partial charge in [-0.1, -0.05) is 64.6 Å². The molecule has 1 amide bonds. The summed E-state index contributed by atoms with van der Waals surface area (Å²) in [6.45, 7) is 1.73. The Labute approximate surface area is 236 Å². The van der Waals surface area contributed by atoms with E-state index < -0.39 is 15.9 Å². The molecule has 0 aliphatic heterocycles. The Morgan fingerprint density at radius 3 is 2.03 bits per heavy atom. The summed E-state index contributed by atoms with van der Waals surface area (Å²) in [5.41, 5.74) is 2.61. The van der Waals surface area contributed by atoms with Crippen LogP contribution in [0.1, 0.15) is 11.1 Å². The van der Waals surface area contributed by atoms with E-state index in [0.29, 0.717) is 32.2 Å². The molecule has 0 saturated carbocycles. The van der Waals surface area contributed by atoms with Gasteiger partial charge in [0.2, 0.25) is 0 Å². The largest absolute Gasteiger partial charge is 0.484 e. The van der Waals surface area contributed by atoms with Gasteiger partial charge in [-0.3, -0.25) is 9.10 Å². The van der Waals surface area contributed by atoms with E-state index in [2.05, 4.69) is 5.32 Å². The minimum atomic E-state index is -3.89. The van der Waals surface area contributed by atoms with Crippen molar-refractivity contribution >= 4 is 62.1 Å². The summed E-state index contributed by atoms with van der Waals surface area (Å²) in [5, 5.41) is 4.02. The number of benzene rings is 4. The topological polar surface area (TPSA) is 75.7 Å². The number of amides is 1. The summed E-state index contributed by atoms with van der Waals surface area (Å²) in [5.74, 6) is -0.00840. The summed E-state index contributed by atoms with van der Waals surface area (Å²) in [6, 6.07) is 24.9. The predicted molar refractivity (Wildman–Crippen MR) is 153 cm³/mol. The number of hydrogen-bond donors (Lipinski definition) is 1. The highest BCUT2D eigenvalue weighted by Crippen LogP contribution is 2.29. The molecule has 0 spiro atoms. The molecule has 196 valence electrons. The lowest BCUT2D eigenvalue weighted by Crippen LogP contribution is -2.30. The lowest BCUT2D eigenvalue weighted by molar-refractivity contribution is -0.118. The number of hydrogen-bond acceptors (Lipinski definition) is 4. The number of anilines is 2. The molecular weight excluding hydrogens is 567 g/mol. The van der Waals surface area contributed by atoms with E-state index in [1.165, 1.54) is 4.31 Å². The normalized spacial score (nSPS) is 11.2. The Kier molecular flexibility index (Phi) is 8.84. The van der Waals surface area contributed by atoms with Gasteiger partial charge < -0.3 is 10.1 Å². The summed E-state index contributed by atoms with van der Waals surface area (Å²) in [6.07, 6.45) is 0. The Morgan fingerprint density at radius 1 is 0.816 bits per heavy atom. The van der Waals surface area contributed by atoms with Crippen LogP contribution in [0.25, 0.3) is 0 Å². The van der Waals surface area contributed by atoms with E-state index in [4.69, 9.17) is 39.5 Å². The van der Waals surface area contributed by atoms with Gasteiger partial charge in [0.1, 0.15) is 5.75 Å². The molecule has 4 aromatic rings. The molecule has 0 saturated heterocycles. The van der Waals surface area contributed by atoms with Gasteiger partial charge in [-0.25, -0.2) is 8.42 Å². The van der Waals surface area contributed by atoms with Gasteiger partial charge in [-0.15, -0.1) is 0 Å². The number of aryl methyl sites for hydroxylation is 1. The van der Waals surface area contributed by atoms with Crippen molar-refractivity contribution in [1.29, 1.82) is 0 Å². The highest BCUT2D eigenvalue weighted by Gasteiger charge is 2.25. The number of nitrogens with zero attached hydrogens (tertiary/aromatic N) is 1. The number of rotatable bonds is 9. The van der Waals surface area contributed by atoms with Crippen molar-refractivity contribution in [2.24, 2.45) is 0 Å². The number of carbonyl (C=O) groups is 1. The van der Waals surface area contributed by atoms with Gasteiger partial charge in [0.05, 0.1) is 17.1 Å². The quantitative estimate of drug-likeness (QED) is 0.221. The van der Waals surface area contributed by atoms with Gasteiger partial charge in [0.25, 0.3) is 15.9 Å². The molecule has 4 rings (SSSR count). The smallest absolute Gasteiger partial charge is 0.264 e. The molecule has 0 aliphatic carbocycles. The van der Waals surface area contributed by atoms with Gasteiger partial charge in [-0.05, 0) is 79.2 Å². The van der Waals surface area contributed by atoms with Crippen LogP contribution in [0.2, 0.25) is 15.1 Å². The molecule has 0 heterocycles. The van der Waals surface area contributed by atoms with Crippen LogP contribution in [0, 0.1) is 6.92 Å². The molecule has 10 heteroatoms. The first-order valence-electron chi connectivity index (χ1n) is 11.4. The van der Waals surface area contributed by atoms with Crippen molar-refractivity contribution in [1.82, 2.24) is 0 Å². The molecule has 0 fully saturated rings. The first kappa shape index (κ1) is 27.8. The summed E-state index contributed by atoms with van der Waals surface area (Å²) in [4.78, 5) is 12.5. The fourth-order valence-electron chi connectivity index (χ4n) is 3.59. The monoisotopic (exact) mass is 588 g/mol. The second-order valence-electron chi connectivity index (χ2n) is 8.44. The molecule has 0 unspecified atom stereocenters. The van der Waals surface area contributed by atoms with E-state index in [9.17, 15) is 13.2 Å². The Hall–Kier alpha value is -3.23. The van der Waals surface area contributed by atoms with E-state index in [0.717, 1.165) is 11.1 Å². The molecule has 0 bridgehead atoms. The van der Waals surface area contributed by atoms with Crippen molar-refractivity contribution in [3.63, 3.8) is 0 Å². The second-order valence-corrected chi connectivity index (χ2v) is 11.6. The van der Waals surface area contributed by atoms with Crippen LogP contribution in [-0.2, 0) is 21.4 Å². The van der Waals surface area contributed by atoms with Crippen LogP contribution < -0.4 is 14.4 Å². The molecule has 0 atom stereocenters. The second kappa shape index (κ2) is 12.1. The predicted octanol–water partition coefficient (Wildman–Crippen LogP) is 7.37. The number of halogens is 3. The third-order valence-electron chi connectivity index (χ3n) is 5.49. The lowest BCUT2D eigenvalue weighted by atomic mass is 10.2. The van der Waals surface area contributed by atoms with Gasteiger partial charge in [0.15, 0.2) is 6.61 Å². The van der Waals surface area contributed by atoms with Crippen LogP contribution in [0.3, 0.4) is 0 Å². The molecule has 0 aromatic heterocycles. The van der Waals surface area contributed by atoms with E-state index >= 15 is 0 Å². The van der Waals surface area contributed by atoms with Gasteiger partial charge in [-0.2, -0.15) is 0 Å². The molecule has 38 heavy (non-hydrogen) atoms. The van der Waals surface area contributed by atoms with Gasteiger partial charge in [0, 0.05) is 20.8 Å². The fourth-order valence-corrected chi connectivity index (χ4v) is 5.69. The number of ether oxygens (including phenoxy) is 1. The third-order valence-corrected chi connectivity index (χ3v) is 7.97. The van der Waals surface area contributed by atoms with Gasteiger partial charge >= 0.3 is 0 Å². The van der Waals surface area contributed by atoms with E-state index in [1.54, 1.807) is 91.0 Å². The van der Waals surface area contributed by atoms with Crippen LogP contribution in [-0.4, -0.2) is 20.9 Å². The van der Waals surface area contributed by atoms with Crippen molar-refractivity contribution < 1.29 is 17.9 Å². The number of sulfonamides is 1. The van der Waals surface area contributed by atoms with E-state index in [-0.39, 0.29) is 18.0 Å². The fraction of sp³-hybridized carbons (Fsp3) is 0.107. The third kappa shape index (κ3) is 7.20. The Bertz CT molecular complexity index is 1510. The van der Waals surface area contributed by atoms with Crippen LogP contribution >= 0.6 is 34.8 Å². The number of carbonyl (C=O) groups excluding carboxylic acids is 1. The molecule has 0 radical (unpaired) electrons. The maximum absolute atomic E-state index is 13.6. The molecule has 6 nitrogen and oxygen atoms in total. The highest BCUT2D eigenvalue weighted by atomic mass is 35.5. The zero-order chi connectivity index (χ0) is 27.3. The SMILES string of the molecule is Cc1ccc(S(=O)(=O)N(Cc2ccc(Cl)cc2)c2ccc(OCC(=O)Nc3cc(Cl)cc(Cl)c3)cc2)cc1. The number of nitrogens with one attached hydrogen (secondary N) is 1. The van der Waals surface area contributed by atoms with Crippen LogP contribution in [0.5, 0.6) is 5.75 Å². The lowest BCUT2D eigenvalue weighted by Gasteiger charge is -2.25. The molecule has 0 aliphatic rings. The first-order chi connectivity index (χ1) is 18.1. The average Bonchev–Trinajstić information content (AvgIpc) is 2.87. The summed E-state index contributed by atoms with van der Waals surface area (Å²) < 4.78 is 34.2. The minimum Gasteiger partial charge on any atom is -0.484 e. The van der Waals surface area contributed by atoms with Crippen LogP contribution in [0.4, 0.5) is 11.4 Å². The zero-order valence-electron chi connectivity index (χ0n) is 20.2.